The molecule has 2 heterocycles. The molecule has 2 saturated heterocycles. The van der Waals surface area contributed by atoms with Gasteiger partial charge in [-0.05, 0) is 35.4 Å². The average Bonchev–Trinajstić information content (AvgIpc) is 2.99. The predicted octanol–water partition coefficient (Wildman–Crippen LogP) is 0.312. The maximum atomic E-state index is 12.1. The summed E-state index contributed by atoms with van der Waals surface area (Å²) in [6.07, 6.45) is -0.751. The normalized spacial score (nSPS) is 28.7. The van der Waals surface area contributed by atoms with Gasteiger partial charge in [0.2, 0.25) is 11.8 Å². The highest BCUT2D eigenvalue weighted by molar-refractivity contribution is 5.89. The fourth-order valence-corrected chi connectivity index (χ4v) is 4.30. The standard InChI is InChI=1S/C19H23N3O5/c1-11(24)20-6-14-7-22(19(26)27-14)13-4-2-12(3-5-13)18-15-8-21(9-16(15)18)17(25)10-23/h2-5,14-16,18,23H,6-10H2,1H3,(H,20,24)/t14-,15-,16+,18+/m0/s1. The topological polar surface area (TPSA) is 99.2 Å². The molecule has 8 nitrogen and oxygen atoms in total. The Bertz CT molecular complexity index is 753. The van der Waals surface area contributed by atoms with Gasteiger partial charge < -0.3 is 20.1 Å². The molecule has 4 atom stereocenters. The fraction of sp³-hybridized carbons (Fsp3) is 0.526. The van der Waals surface area contributed by atoms with Gasteiger partial charge in [-0.3, -0.25) is 14.5 Å². The molecular formula is C19H23N3O5. The van der Waals surface area contributed by atoms with Crippen molar-refractivity contribution in [1.29, 1.82) is 0 Å². The molecule has 144 valence electrons. The first-order chi connectivity index (χ1) is 13.0. The minimum absolute atomic E-state index is 0.150. The van der Waals surface area contributed by atoms with Crippen molar-refractivity contribution < 1.29 is 24.2 Å². The smallest absolute Gasteiger partial charge is 0.414 e. The largest absolute Gasteiger partial charge is 0.442 e. The molecule has 0 radical (unpaired) electrons. The number of aliphatic hydroxyl groups is 1. The molecule has 1 saturated carbocycles. The molecular weight excluding hydrogens is 350 g/mol. The second-order valence-electron chi connectivity index (χ2n) is 7.46. The van der Waals surface area contributed by atoms with Crippen molar-refractivity contribution in [2.24, 2.45) is 11.8 Å². The molecule has 0 unspecified atom stereocenters. The molecule has 2 aliphatic heterocycles. The first kappa shape index (κ1) is 17.8. The van der Waals surface area contributed by atoms with Crippen LogP contribution in [0.3, 0.4) is 0 Å². The second-order valence-corrected chi connectivity index (χ2v) is 7.46. The highest BCUT2D eigenvalue weighted by Gasteiger charge is 2.56. The number of fused-ring (bicyclic) bond motifs is 1. The van der Waals surface area contributed by atoms with Gasteiger partial charge in [0.25, 0.3) is 0 Å². The van der Waals surface area contributed by atoms with Crippen molar-refractivity contribution in [2.45, 2.75) is 18.9 Å². The molecule has 27 heavy (non-hydrogen) atoms. The van der Waals surface area contributed by atoms with E-state index in [4.69, 9.17) is 9.84 Å². The predicted molar refractivity (Wildman–Crippen MR) is 96.1 cm³/mol. The number of likely N-dealkylation sites (tertiary alicyclic amines) is 1. The number of carbonyl (C=O) groups excluding carboxylic acids is 3. The van der Waals surface area contributed by atoms with Crippen LogP contribution in [0.2, 0.25) is 0 Å². The number of nitrogens with one attached hydrogen (secondary N) is 1. The maximum absolute atomic E-state index is 12.1. The van der Waals surface area contributed by atoms with Crippen molar-refractivity contribution in [3.63, 3.8) is 0 Å². The van der Waals surface area contributed by atoms with Crippen LogP contribution in [-0.4, -0.2) is 66.8 Å². The van der Waals surface area contributed by atoms with E-state index < -0.39 is 12.7 Å². The number of amides is 3. The number of hydrogen-bond acceptors (Lipinski definition) is 5. The minimum Gasteiger partial charge on any atom is -0.442 e. The van der Waals surface area contributed by atoms with Crippen molar-refractivity contribution in [2.75, 3.05) is 37.7 Å². The van der Waals surface area contributed by atoms with Crippen molar-refractivity contribution >= 4 is 23.6 Å². The Morgan fingerprint density at radius 1 is 1.19 bits per heavy atom. The Balaban J connectivity index is 1.35. The first-order valence-electron chi connectivity index (χ1n) is 9.19. The number of rotatable bonds is 5. The maximum Gasteiger partial charge on any atom is 0.414 e. The van der Waals surface area contributed by atoms with Gasteiger partial charge >= 0.3 is 6.09 Å². The number of carbonyl (C=O) groups is 3. The fourth-order valence-electron chi connectivity index (χ4n) is 4.30. The van der Waals surface area contributed by atoms with Crippen LogP contribution < -0.4 is 10.2 Å². The van der Waals surface area contributed by atoms with Crippen molar-refractivity contribution in [1.82, 2.24) is 10.2 Å². The first-order valence-corrected chi connectivity index (χ1v) is 9.19. The van der Waals surface area contributed by atoms with Gasteiger partial charge in [0.15, 0.2) is 0 Å². The summed E-state index contributed by atoms with van der Waals surface area (Å²) in [6.45, 7) is 3.14. The summed E-state index contributed by atoms with van der Waals surface area (Å²) in [4.78, 5) is 37.9. The number of benzene rings is 1. The van der Waals surface area contributed by atoms with Gasteiger partial charge in [-0.1, -0.05) is 12.1 Å². The van der Waals surface area contributed by atoms with E-state index in [0.29, 0.717) is 43.9 Å². The highest BCUT2D eigenvalue weighted by atomic mass is 16.6. The number of hydrogen-bond donors (Lipinski definition) is 2. The van der Waals surface area contributed by atoms with E-state index >= 15 is 0 Å². The zero-order valence-electron chi connectivity index (χ0n) is 15.1. The summed E-state index contributed by atoms with van der Waals surface area (Å²) in [7, 11) is 0. The number of cyclic esters (lactones) is 1. The summed E-state index contributed by atoms with van der Waals surface area (Å²) in [6, 6.07) is 7.90. The second kappa shape index (κ2) is 6.84. The molecule has 0 aromatic heterocycles. The molecule has 0 spiro atoms. The van der Waals surface area contributed by atoms with Crippen LogP contribution >= 0.6 is 0 Å². The molecule has 1 aromatic rings. The quantitative estimate of drug-likeness (QED) is 0.774. The van der Waals surface area contributed by atoms with E-state index in [9.17, 15) is 14.4 Å². The van der Waals surface area contributed by atoms with Crippen molar-refractivity contribution in [3.8, 4) is 0 Å². The number of piperidine rings is 1. The van der Waals surface area contributed by atoms with E-state index in [1.54, 1.807) is 9.80 Å². The molecule has 3 fully saturated rings. The molecule has 8 heteroatoms. The van der Waals surface area contributed by atoms with Crippen LogP contribution in [0, 0.1) is 11.8 Å². The molecule has 4 rings (SSSR count). The highest BCUT2D eigenvalue weighted by Crippen LogP contribution is 2.58. The van der Waals surface area contributed by atoms with Gasteiger partial charge in [-0.2, -0.15) is 0 Å². The van der Waals surface area contributed by atoms with Crippen LogP contribution in [0.25, 0.3) is 0 Å². The third-order valence-electron chi connectivity index (χ3n) is 5.72. The Morgan fingerprint density at radius 2 is 1.85 bits per heavy atom. The Kier molecular flexibility index (Phi) is 4.51. The van der Waals surface area contributed by atoms with Crippen molar-refractivity contribution in [3.05, 3.63) is 29.8 Å². The van der Waals surface area contributed by atoms with E-state index in [1.807, 2.05) is 24.3 Å². The lowest BCUT2D eigenvalue weighted by molar-refractivity contribution is -0.133. The van der Waals surface area contributed by atoms with Crippen LogP contribution in [0.4, 0.5) is 10.5 Å². The summed E-state index contributed by atoms with van der Waals surface area (Å²) < 4.78 is 5.29. The zero-order valence-corrected chi connectivity index (χ0v) is 15.1. The third-order valence-corrected chi connectivity index (χ3v) is 5.72. The number of anilines is 1. The van der Waals surface area contributed by atoms with Crippen LogP contribution in [0.1, 0.15) is 18.4 Å². The summed E-state index contributed by atoms with van der Waals surface area (Å²) in [5, 5.41) is 11.6. The molecule has 1 aromatic carbocycles. The molecule has 0 bridgehead atoms. The average molecular weight is 373 g/mol. The summed E-state index contributed by atoms with van der Waals surface area (Å²) in [5.74, 6) is 1.02. The van der Waals surface area contributed by atoms with Gasteiger partial charge in [0.1, 0.15) is 12.7 Å². The monoisotopic (exact) mass is 373 g/mol. The van der Waals surface area contributed by atoms with Gasteiger partial charge in [-0.25, -0.2) is 4.79 Å². The molecule has 3 amide bonds. The van der Waals surface area contributed by atoms with E-state index in [0.717, 1.165) is 5.69 Å². The Morgan fingerprint density at radius 3 is 2.44 bits per heavy atom. The number of ether oxygens (including phenoxy) is 1. The van der Waals surface area contributed by atoms with E-state index in [-0.39, 0.29) is 17.9 Å². The van der Waals surface area contributed by atoms with Gasteiger partial charge in [0, 0.05) is 25.7 Å². The Labute approximate surface area is 157 Å². The van der Waals surface area contributed by atoms with Gasteiger partial charge in [0.05, 0.1) is 13.1 Å². The summed E-state index contributed by atoms with van der Waals surface area (Å²) >= 11 is 0. The number of nitrogens with zero attached hydrogens (tertiary/aromatic N) is 2. The van der Waals surface area contributed by atoms with E-state index in [1.165, 1.54) is 12.5 Å². The molecule has 1 aliphatic carbocycles. The lowest BCUT2D eigenvalue weighted by atomic mass is 10.1. The van der Waals surface area contributed by atoms with Crippen LogP contribution in [-0.2, 0) is 14.3 Å². The van der Waals surface area contributed by atoms with Crippen LogP contribution in [0.15, 0.2) is 24.3 Å². The minimum atomic E-state index is -0.423. The lowest BCUT2D eigenvalue weighted by Crippen LogP contribution is -2.33. The third kappa shape index (κ3) is 3.37. The lowest BCUT2D eigenvalue weighted by Gasteiger charge is -2.19. The van der Waals surface area contributed by atoms with Gasteiger partial charge in [-0.15, -0.1) is 0 Å². The molecule has 2 N–H and O–H groups in total. The summed E-state index contributed by atoms with van der Waals surface area (Å²) in [5.41, 5.74) is 1.99. The number of aliphatic hydroxyl groups excluding tert-OH is 1. The van der Waals surface area contributed by atoms with Crippen LogP contribution in [0.5, 0.6) is 0 Å². The SMILES string of the molecule is CC(=O)NC[C@H]1CN(c2ccc([C@H]3[C@@H]4CN(C(=O)CO)C[C@@H]43)cc2)C(=O)O1. The zero-order chi connectivity index (χ0) is 19.1. The van der Waals surface area contributed by atoms with E-state index in [2.05, 4.69) is 5.32 Å². The Hall–Kier alpha value is -2.61. The molecule has 3 aliphatic rings.